The zero-order valence-electron chi connectivity index (χ0n) is 6.00. The Morgan fingerprint density at radius 3 is 3.00 bits per heavy atom. The normalized spacial score (nSPS) is 16.3. The van der Waals surface area contributed by atoms with Crippen molar-refractivity contribution in [3.63, 3.8) is 0 Å². The van der Waals surface area contributed by atoms with Crippen molar-refractivity contribution in [3.05, 3.63) is 36.0 Å². The smallest absolute Gasteiger partial charge is 0.181 e. The topological polar surface area (TPSA) is 17.1 Å². The summed E-state index contributed by atoms with van der Waals surface area (Å²) in [5, 5.41) is 0. The Morgan fingerprint density at radius 2 is 2.50 bits per heavy atom. The highest BCUT2D eigenvalue weighted by atomic mass is 16.1. The van der Waals surface area contributed by atoms with Crippen LogP contribution >= 0.6 is 0 Å². The number of carbonyl (C=O) groups is 1. The van der Waals surface area contributed by atoms with Crippen LogP contribution in [0, 0.1) is 0 Å². The summed E-state index contributed by atoms with van der Waals surface area (Å²) < 4.78 is 0. The molecule has 0 unspecified atom stereocenters. The van der Waals surface area contributed by atoms with E-state index in [1.807, 2.05) is 25.2 Å². The van der Waals surface area contributed by atoms with Crippen LogP contribution in [0.3, 0.4) is 0 Å². The molecule has 0 amide bonds. The van der Waals surface area contributed by atoms with E-state index in [1.54, 1.807) is 12.2 Å². The van der Waals surface area contributed by atoms with Gasteiger partial charge in [0.1, 0.15) is 0 Å². The highest BCUT2D eigenvalue weighted by molar-refractivity contribution is 6.04. The first-order chi connectivity index (χ1) is 4.84. The molecule has 0 saturated heterocycles. The third kappa shape index (κ3) is 1.44. The van der Waals surface area contributed by atoms with E-state index in [9.17, 15) is 4.79 Å². The van der Waals surface area contributed by atoms with Crippen molar-refractivity contribution in [2.24, 2.45) is 0 Å². The fraction of sp³-hybridized carbons (Fsp3) is 0.222. The summed E-state index contributed by atoms with van der Waals surface area (Å²) in [6, 6.07) is 0. The predicted octanol–water partition coefficient (Wildman–Crippen LogP) is 2.02. The third-order valence-corrected chi connectivity index (χ3v) is 1.41. The number of allylic oxidation sites excluding steroid dienone is 6. The summed E-state index contributed by atoms with van der Waals surface area (Å²) in [5.41, 5.74) is 0.887. The first kappa shape index (κ1) is 7.00. The Bertz CT molecular complexity index is 219. The fourth-order valence-corrected chi connectivity index (χ4v) is 0.888. The van der Waals surface area contributed by atoms with E-state index in [4.69, 9.17) is 0 Å². The largest absolute Gasteiger partial charge is 0.290 e. The van der Waals surface area contributed by atoms with E-state index in [0.29, 0.717) is 0 Å². The average Bonchev–Trinajstić information content (AvgIpc) is 2.38. The van der Waals surface area contributed by atoms with Crippen molar-refractivity contribution >= 4 is 5.78 Å². The lowest BCUT2D eigenvalue weighted by molar-refractivity contribution is -0.111. The van der Waals surface area contributed by atoms with Gasteiger partial charge < -0.3 is 0 Å². The lowest BCUT2D eigenvalue weighted by Gasteiger charge is -1.91. The minimum atomic E-state index is 0.132. The van der Waals surface area contributed by atoms with Crippen LogP contribution in [0.15, 0.2) is 36.0 Å². The summed E-state index contributed by atoms with van der Waals surface area (Å²) >= 11 is 0. The molecule has 52 valence electrons. The van der Waals surface area contributed by atoms with Crippen LogP contribution in [-0.2, 0) is 4.79 Å². The number of ketones is 1. The zero-order valence-corrected chi connectivity index (χ0v) is 6.00. The molecule has 1 nitrogen and oxygen atoms in total. The van der Waals surface area contributed by atoms with Gasteiger partial charge in [0.15, 0.2) is 5.78 Å². The molecule has 0 fully saturated rings. The Kier molecular flexibility index (Phi) is 2.21. The molecule has 1 aliphatic rings. The fourth-order valence-electron chi connectivity index (χ4n) is 0.888. The summed E-state index contributed by atoms with van der Waals surface area (Å²) in [6.45, 7) is 1.85. The first-order valence-electron chi connectivity index (χ1n) is 3.37. The standard InChI is InChI=1S/C9H10O/c1-2-5-9(10)8-6-3-4-7-8/h2-6H,7H2,1H3/b5-2+. The number of rotatable bonds is 2. The van der Waals surface area contributed by atoms with Crippen LogP contribution in [0.25, 0.3) is 0 Å². The van der Waals surface area contributed by atoms with Gasteiger partial charge in [-0.05, 0) is 19.4 Å². The SMILES string of the molecule is C/C=C/C(=O)C1=CC=CC1. The van der Waals surface area contributed by atoms with Gasteiger partial charge in [0, 0.05) is 5.57 Å². The van der Waals surface area contributed by atoms with Crippen LogP contribution in [0.2, 0.25) is 0 Å². The zero-order chi connectivity index (χ0) is 7.40. The maximum atomic E-state index is 11.1. The number of hydrogen-bond acceptors (Lipinski definition) is 1. The van der Waals surface area contributed by atoms with E-state index in [1.165, 1.54) is 0 Å². The molecule has 0 radical (unpaired) electrons. The van der Waals surface area contributed by atoms with Gasteiger partial charge in [0.25, 0.3) is 0 Å². The second-order valence-corrected chi connectivity index (χ2v) is 2.19. The first-order valence-corrected chi connectivity index (χ1v) is 3.37. The van der Waals surface area contributed by atoms with Gasteiger partial charge in [-0.1, -0.05) is 24.3 Å². The molecule has 0 saturated carbocycles. The molecule has 0 atom stereocenters. The minimum Gasteiger partial charge on any atom is -0.290 e. The summed E-state index contributed by atoms with van der Waals surface area (Å²) in [6.07, 6.45) is 9.92. The van der Waals surface area contributed by atoms with Crippen molar-refractivity contribution < 1.29 is 4.79 Å². The maximum Gasteiger partial charge on any atom is 0.181 e. The second kappa shape index (κ2) is 3.16. The van der Waals surface area contributed by atoms with Gasteiger partial charge in [-0.3, -0.25) is 4.79 Å². The Balaban J connectivity index is 2.59. The molecule has 0 aromatic rings. The molecule has 0 aromatic heterocycles. The predicted molar refractivity (Wildman–Crippen MR) is 41.7 cm³/mol. The van der Waals surface area contributed by atoms with Gasteiger partial charge in [0.2, 0.25) is 0 Å². The molecule has 0 N–H and O–H groups in total. The molecule has 0 aromatic carbocycles. The minimum absolute atomic E-state index is 0.132. The van der Waals surface area contributed by atoms with Gasteiger partial charge in [0.05, 0.1) is 0 Å². The second-order valence-electron chi connectivity index (χ2n) is 2.19. The lowest BCUT2D eigenvalue weighted by Crippen LogP contribution is -1.94. The molecule has 0 aliphatic heterocycles. The van der Waals surface area contributed by atoms with Crippen molar-refractivity contribution in [1.29, 1.82) is 0 Å². The highest BCUT2D eigenvalue weighted by Gasteiger charge is 2.04. The summed E-state index contributed by atoms with van der Waals surface area (Å²) in [7, 11) is 0. The van der Waals surface area contributed by atoms with Crippen molar-refractivity contribution in [2.75, 3.05) is 0 Å². The molecule has 1 aliphatic carbocycles. The molecule has 0 bridgehead atoms. The van der Waals surface area contributed by atoms with Crippen LogP contribution in [0.4, 0.5) is 0 Å². The molecule has 10 heavy (non-hydrogen) atoms. The van der Waals surface area contributed by atoms with E-state index in [2.05, 4.69) is 0 Å². The van der Waals surface area contributed by atoms with Crippen LogP contribution in [-0.4, -0.2) is 5.78 Å². The maximum absolute atomic E-state index is 11.1. The molecule has 0 spiro atoms. The molecular formula is C9H10O. The quantitative estimate of drug-likeness (QED) is 0.528. The van der Waals surface area contributed by atoms with Crippen molar-refractivity contribution in [2.45, 2.75) is 13.3 Å². The Labute approximate surface area is 60.7 Å². The number of hydrogen-bond donors (Lipinski definition) is 0. The average molecular weight is 134 g/mol. The van der Waals surface area contributed by atoms with Crippen molar-refractivity contribution in [1.82, 2.24) is 0 Å². The Hall–Kier alpha value is -1.11. The molecule has 1 rings (SSSR count). The lowest BCUT2D eigenvalue weighted by atomic mass is 10.1. The summed E-state index contributed by atoms with van der Waals surface area (Å²) in [4.78, 5) is 11.1. The van der Waals surface area contributed by atoms with Gasteiger partial charge >= 0.3 is 0 Å². The van der Waals surface area contributed by atoms with Crippen molar-refractivity contribution in [3.8, 4) is 0 Å². The monoisotopic (exact) mass is 134 g/mol. The van der Waals surface area contributed by atoms with Crippen LogP contribution in [0.1, 0.15) is 13.3 Å². The van der Waals surface area contributed by atoms with Gasteiger partial charge in [-0.2, -0.15) is 0 Å². The summed E-state index contributed by atoms with van der Waals surface area (Å²) in [5.74, 6) is 0.132. The highest BCUT2D eigenvalue weighted by Crippen LogP contribution is 2.11. The van der Waals surface area contributed by atoms with E-state index in [0.717, 1.165) is 12.0 Å². The van der Waals surface area contributed by atoms with E-state index in [-0.39, 0.29) is 5.78 Å². The van der Waals surface area contributed by atoms with Crippen LogP contribution in [0.5, 0.6) is 0 Å². The number of carbonyl (C=O) groups excluding carboxylic acids is 1. The Morgan fingerprint density at radius 1 is 1.70 bits per heavy atom. The van der Waals surface area contributed by atoms with Gasteiger partial charge in [-0.25, -0.2) is 0 Å². The molecule has 0 heterocycles. The van der Waals surface area contributed by atoms with E-state index >= 15 is 0 Å². The van der Waals surface area contributed by atoms with E-state index < -0.39 is 0 Å². The van der Waals surface area contributed by atoms with Gasteiger partial charge in [-0.15, -0.1) is 0 Å². The molecule has 1 heteroatoms. The van der Waals surface area contributed by atoms with Crippen LogP contribution < -0.4 is 0 Å². The third-order valence-electron chi connectivity index (χ3n) is 1.41. The molecular weight excluding hydrogens is 124 g/mol.